The van der Waals surface area contributed by atoms with E-state index in [4.69, 9.17) is 48.6 Å². The van der Waals surface area contributed by atoms with E-state index in [0.717, 1.165) is 0 Å². The van der Waals surface area contributed by atoms with E-state index in [9.17, 15) is 14.7 Å². The van der Waals surface area contributed by atoms with Crippen molar-refractivity contribution in [1.82, 2.24) is 0 Å². The third-order valence-corrected chi connectivity index (χ3v) is 5.83. The van der Waals surface area contributed by atoms with Gasteiger partial charge in [0.1, 0.15) is 11.5 Å². The fraction of sp³-hybridized carbons (Fsp3) is 0.0370. The van der Waals surface area contributed by atoms with Crippen molar-refractivity contribution < 1.29 is 53.3 Å². The van der Waals surface area contributed by atoms with E-state index in [-0.39, 0.29) is 35.5 Å². The fourth-order valence-corrected chi connectivity index (χ4v) is 3.73. The van der Waals surface area contributed by atoms with Gasteiger partial charge in [0.25, 0.3) is 0 Å². The normalized spacial score (nSPS) is 9.11. The Bertz CT molecular complexity index is 1470. The molecule has 0 bridgehead atoms. The van der Waals surface area contributed by atoms with Gasteiger partial charge in [-0.05, 0) is 87.6 Å². The Morgan fingerprint density at radius 3 is 1.64 bits per heavy atom. The van der Waals surface area contributed by atoms with Gasteiger partial charge in [-0.2, -0.15) is 0 Å². The molecule has 0 aliphatic carbocycles. The van der Waals surface area contributed by atoms with Crippen molar-refractivity contribution >= 4 is 138 Å². The topological polar surface area (TPSA) is 156 Å². The van der Waals surface area contributed by atoms with Crippen molar-refractivity contribution in [3.05, 3.63) is 111 Å². The quantitative estimate of drug-likeness (QED) is 0.101. The zero-order chi connectivity index (χ0) is 33.1. The number of aromatic hydroxyl groups is 2. The number of phenolic OH excluding ortho intramolecular Hbond substituents is 2. The van der Waals surface area contributed by atoms with E-state index in [1.54, 1.807) is 36.4 Å². The van der Waals surface area contributed by atoms with Gasteiger partial charge in [-0.25, -0.2) is 9.59 Å². The zero-order valence-corrected chi connectivity index (χ0v) is 35.1. The molecule has 0 aromatic heterocycles. The minimum absolute atomic E-state index is 0. The second kappa shape index (κ2) is 26.1. The number of carboxylic acid groups (broad SMARTS) is 2. The van der Waals surface area contributed by atoms with Crippen molar-refractivity contribution in [3.8, 4) is 22.6 Å². The molecule has 4 rings (SSSR count). The summed E-state index contributed by atoms with van der Waals surface area (Å²) in [6.45, 7) is 0. The molecule has 0 aliphatic heterocycles. The van der Waals surface area contributed by atoms with E-state index >= 15 is 0 Å². The van der Waals surface area contributed by atoms with Gasteiger partial charge in [0.15, 0.2) is 0 Å². The van der Waals surface area contributed by atoms with Crippen LogP contribution in [-0.2, 0) is 0 Å². The molecule has 0 saturated heterocycles. The first kappa shape index (κ1) is 46.2. The van der Waals surface area contributed by atoms with Crippen molar-refractivity contribution in [3.63, 3.8) is 0 Å². The maximum atomic E-state index is 10.8. The molecule has 8 nitrogen and oxygen atoms in total. The van der Waals surface area contributed by atoms with E-state index in [1.807, 2.05) is 0 Å². The Morgan fingerprint density at radius 2 is 1.18 bits per heavy atom. The van der Waals surface area contributed by atoms with Crippen molar-refractivity contribution in [2.45, 2.75) is 7.43 Å². The number of phenols is 2. The van der Waals surface area contributed by atoms with Gasteiger partial charge in [0.2, 0.25) is 0 Å². The van der Waals surface area contributed by atoms with Crippen LogP contribution in [0.25, 0.3) is 11.1 Å². The number of rotatable bonds is 4. The molecule has 4 aromatic rings. The molecule has 0 aliphatic rings. The van der Waals surface area contributed by atoms with Crippen LogP contribution in [0.5, 0.6) is 11.5 Å². The maximum Gasteiger partial charge on any atom is 0.488 e. The summed E-state index contributed by atoms with van der Waals surface area (Å²) in [6, 6.07) is 21.3. The van der Waals surface area contributed by atoms with Gasteiger partial charge >= 0.3 is 69.5 Å². The molecule has 0 fully saturated rings. The average molecular weight is 1270 g/mol. The standard InChI is InChI=1S/C13H9ClO3.C7H7BO4.C6H4BrClO.CH4.I3.I2/c14-10-4-5-12(15)11(7-10)8-2-1-3-9(6-8)13(16)17;9-7(10)5-2-1-3-6(4-5)8(11)12;7-5-3-4(8)1-2-6(5)9;;1-3-2;1-2/h1-7,15H,(H,16,17);1-4,11-12H,(H,9,10);1-3,9H;1H4;;/q;;;;-1;. The summed E-state index contributed by atoms with van der Waals surface area (Å²) >= 11 is 24.1. The van der Waals surface area contributed by atoms with Crippen LogP contribution < -0.4 is 18.7 Å². The van der Waals surface area contributed by atoms with E-state index in [0.29, 0.717) is 38.9 Å². The Labute approximate surface area is 327 Å². The van der Waals surface area contributed by atoms with E-state index < -0.39 is 19.1 Å². The minimum Gasteiger partial charge on any atom is -0.507 e. The van der Waals surface area contributed by atoms with Gasteiger partial charge in [0, 0.05) is 52.8 Å². The fourth-order valence-electron chi connectivity index (χ4n) is 2.87. The summed E-state index contributed by atoms with van der Waals surface area (Å²) in [5.74, 6) is -1.82. The number of carboxylic acids is 2. The molecular weight excluding hydrogens is 1250 g/mol. The SMILES string of the molecule is C.II.I[I-]I.O=C(O)c1cccc(-c2cc(Cl)ccc2O)c1.O=C(O)c1cccc(B(O)O)c1.Oc1ccc(Cl)cc1Br. The molecule has 0 saturated carbocycles. The zero-order valence-electron chi connectivity index (χ0n) is 21.2. The summed E-state index contributed by atoms with van der Waals surface area (Å²) in [4.78, 5) is 21.3. The van der Waals surface area contributed by atoms with Gasteiger partial charge in [-0.1, -0.05) is 54.9 Å². The Hall–Kier alpha value is 0.115. The Morgan fingerprint density at radius 1 is 0.727 bits per heavy atom. The van der Waals surface area contributed by atoms with Crippen LogP contribution >= 0.6 is 114 Å². The Kier molecular flexibility index (Phi) is 27.4. The van der Waals surface area contributed by atoms with Crippen LogP contribution in [0.4, 0.5) is 0 Å². The third-order valence-electron chi connectivity index (χ3n) is 4.72. The number of benzene rings is 4. The molecule has 0 spiro atoms. The number of aromatic carboxylic acids is 2. The predicted octanol–water partition coefficient (Wildman–Crippen LogP) is 6.47. The van der Waals surface area contributed by atoms with Crippen molar-refractivity contribution in [1.29, 1.82) is 0 Å². The molecule has 0 radical (unpaired) electrons. The first-order valence-corrected chi connectivity index (χ1v) is 31.4. The molecule has 0 heterocycles. The monoisotopic (exact) mass is 1270 g/mol. The van der Waals surface area contributed by atoms with E-state index in [2.05, 4.69) is 90.4 Å². The van der Waals surface area contributed by atoms with Crippen molar-refractivity contribution in [2.24, 2.45) is 0 Å². The number of hydrogen-bond donors (Lipinski definition) is 6. The summed E-state index contributed by atoms with van der Waals surface area (Å²) in [5, 5.41) is 54.5. The largest absolute Gasteiger partial charge is 0.507 e. The van der Waals surface area contributed by atoms with Crippen LogP contribution in [0, 0.1) is 0 Å². The summed E-state index contributed by atoms with van der Waals surface area (Å²) < 4.78 is 0.620. The third kappa shape index (κ3) is 18.5. The molecule has 44 heavy (non-hydrogen) atoms. The molecule has 6 N–H and O–H groups in total. The maximum absolute atomic E-state index is 10.8. The molecule has 17 heteroatoms. The molecular formula is C27H24BBrCl2I5O8-. The first-order chi connectivity index (χ1) is 20.3. The van der Waals surface area contributed by atoms with Crippen LogP contribution in [-0.4, -0.2) is 49.5 Å². The predicted molar refractivity (Wildman–Crippen MR) is 212 cm³/mol. The molecule has 0 atom stereocenters. The number of halogens is 8. The van der Waals surface area contributed by atoms with Gasteiger partial charge < -0.3 is 30.5 Å². The molecule has 0 amide bonds. The van der Waals surface area contributed by atoms with Gasteiger partial charge in [-0.15, -0.1) is 0 Å². The summed E-state index contributed by atoms with van der Waals surface area (Å²) in [7, 11) is -1.62. The van der Waals surface area contributed by atoms with Crippen LogP contribution in [0.1, 0.15) is 28.1 Å². The second-order valence-electron chi connectivity index (χ2n) is 7.50. The summed E-state index contributed by atoms with van der Waals surface area (Å²) in [5.41, 5.74) is 1.52. The molecule has 240 valence electrons. The minimum atomic E-state index is -1.62. The first-order valence-electron chi connectivity index (χ1n) is 11.0. The average Bonchev–Trinajstić information content (AvgIpc) is 2.98. The second-order valence-corrected chi connectivity index (χ2v) is 25.5. The smallest absolute Gasteiger partial charge is 0.488 e. The van der Waals surface area contributed by atoms with Gasteiger partial charge in [-0.3, -0.25) is 0 Å². The number of hydrogen-bond acceptors (Lipinski definition) is 6. The van der Waals surface area contributed by atoms with Crippen LogP contribution in [0.15, 0.2) is 89.4 Å². The Balaban J connectivity index is 0. The van der Waals surface area contributed by atoms with E-state index in [1.165, 1.54) is 48.5 Å². The van der Waals surface area contributed by atoms with Crippen molar-refractivity contribution in [2.75, 3.05) is 0 Å². The van der Waals surface area contributed by atoms with Crippen LogP contribution in [0.2, 0.25) is 10.0 Å². The van der Waals surface area contributed by atoms with Gasteiger partial charge in [0.05, 0.1) is 15.6 Å². The molecule has 4 aromatic carbocycles. The van der Waals surface area contributed by atoms with Crippen LogP contribution in [0.3, 0.4) is 0 Å². The summed E-state index contributed by atoms with van der Waals surface area (Å²) in [6.07, 6.45) is 0. The number of carbonyl (C=O) groups is 2. The molecule has 0 unspecified atom stereocenters.